The van der Waals surface area contributed by atoms with E-state index in [-0.39, 0.29) is 12.1 Å². The van der Waals surface area contributed by atoms with Crippen LogP contribution in [0.2, 0.25) is 0 Å². The quantitative estimate of drug-likeness (QED) is 0.929. The first-order chi connectivity index (χ1) is 9.94. The van der Waals surface area contributed by atoms with Crippen molar-refractivity contribution in [2.45, 2.75) is 12.7 Å². The molecular weight excluding hydrogens is 283 g/mol. The van der Waals surface area contributed by atoms with Gasteiger partial charge < -0.3 is 15.2 Å². The molecule has 0 saturated carbocycles. The van der Waals surface area contributed by atoms with Gasteiger partial charge in [-0.05, 0) is 30.3 Å². The van der Waals surface area contributed by atoms with Crippen molar-refractivity contribution < 1.29 is 22.6 Å². The van der Waals surface area contributed by atoms with Gasteiger partial charge in [0.15, 0.2) is 0 Å². The van der Waals surface area contributed by atoms with E-state index in [1.165, 1.54) is 13.2 Å². The molecule has 0 atom stereocenters. The fourth-order valence-electron chi connectivity index (χ4n) is 1.81. The highest BCUT2D eigenvalue weighted by molar-refractivity contribution is 5.42. The molecule has 21 heavy (non-hydrogen) atoms. The molecule has 0 heterocycles. The second-order valence-electron chi connectivity index (χ2n) is 4.31. The van der Waals surface area contributed by atoms with Crippen LogP contribution >= 0.6 is 0 Å². The van der Waals surface area contributed by atoms with E-state index in [9.17, 15) is 13.2 Å². The number of rotatable bonds is 4. The Bertz CT molecular complexity index is 627. The van der Waals surface area contributed by atoms with Gasteiger partial charge in [0.1, 0.15) is 17.2 Å². The number of halogens is 3. The Morgan fingerprint density at radius 1 is 1.05 bits per heavy atom. The van der Waals surface area contributed by atoms with Crippen molar-refractivity contribution in [3.05, 3.63) is 53.6 Å². The molecule has 0 amide bonds. The highest BCUT2D eigenvalue weighted by Crippen LogP contribution is 2.34. The number of hydrogen-bond acceptors (Lipinski definition) is 3. The average molecular weight is 297 g/mol. The van der Waals surface area contributed by atoms with E-state index in [2.05, 4.69) is 0 Å². The minimum absolute atomic E-state index is 0.0524. The van der Waals surface area contributed by atoms with Gasteiger partial charge in [0.2, 0.25) is 0 Å². The van der Waals surface area contributed by atoms with Crippen molar-refractivity contribution in [1.82, 2.24) is 0 Å². The Morgan fingerprint density at radius 3 is 2.38 bits per heavy atom. The zero-order chi connectivity index (χ0) is 15.5. The first-order valence-electron chi connectivity index (χ1n) is 6.16. The second kappa shape index (κ2) is 6.05. The summed E-state index contributed by atoms with van der Waals surface area (Å²) < 4.78 is 48.6. The number of ether oxygens (including phenoxy) is 2. The van der Waals surface area contributed by atoms with Gasteiger partial charge in [0.25, 0.3) is 0 Å². The summed E-state index contributed by atoms with van der Waals surface area (Å²) in [6.45, 7) is -0.0524. The lowest BCUT2D eigenvalue weighted by molar-refractivity contribution is -0.137. The van der Waals surface area contributed by atoms with Crippen LogP contribution in [-0.4, -0.2) is 7.11 Å². The summed E-state index contributed by atoms with van der Waals surface area (Å²) >= 11 is 0. The smallest absolute Gasteiger partial charge is 0.416 e. The Morgan fingerprint density at radius 2 is 1.76 bits per heavy atom. The molecule has 0 aliphatic carbocycles. The lowest BCUT2D eigenvalue weighted by Crippen LogP contribution is -2.08. The first kappa shape index (κ1) is 15.2. The summed E-state index contributed by atoms with van der Waals surface area (Å²) in [7, 11) is 1.52. The maximum Gasteiger partial charge on any atom is 0.416 e. The standard InChI is InChI=1S/C15H14F3NO2/c1-20-12-3-2-4-13(8-12)21-14-6-5-11(15(16,17)18)7-10(14)9-19/h2-8H,9,19H2,1H3. The third-order valence-electron chi connectivity index (χ3n) is 2.88. The number of methoxy groups -OCH3 is 1. The summed E-state index contributed by atoms with van der Waals surface area (Å²) in [6.07, 6.45) is -4.40. The highest BCUT2D eigenvalue weighted by Gasteiger charge is 2.31. The normalized spacial score (nSPS) is 11.3. The van der Waals surface area contributed by atoms with Crippen LogP contribution in [0.1, 0.15) is 11.1 Å². The molecule has 0 aliphatic heterocycles. The van der Waals surface area contributed by atoms with E-state index in [0.717, 1.165) is 12.1 Å². The number of nitrogens with two attached hydrogens (primary N) is 1. The average Bonchev–Trinajstić information content (AvgIpc) is 2.46. The maximum absolute atomic E-state index is 12.7. The highest BCUT2D eigenvalue weighted by atomic mass is 19.4. The molecular formula is C15H14F3NO2. The first-order valence-corrected chi connectivity index (χ1v) is 6.16. The van der Waals surface area contributed by atoms with E-state index >= 15 is 0 Å². The van der Waals surface area contributed by atoms with E-state index < -0.39 is 11.7 Å². The molecule has 0 radical (unpaired) electrons. The summed E-state index contributed by atoms with van der Waals surface area (Å²) in [4.78, 5) is 0. The van der Waals surface area contributed by atoms with Gasteiger partial charge in [0.05, 0.1) is 12.7 Å². The van der Waals surface area contributed by atoms with Crippen molar-refractivity contribution in [1.29, 1.82) is 0 Å². The second-order valence-corrected chi connectivity index (χ2v) is 4.31. The summed E-state index contributed by atoms with van der Waals surface area (Å²) in [5.41, 5.74) is 5.04. The molecule has 0 aromatic heterocycles. The van der Waals surface area contributed by atoms with Crippen LogP contribution < -0.4 is 15.2 Å². The van der Waals surface area contributed by atoms with Gasteiger partial charge in [-0.1, -0.05) is 6.07 Å². The Labute approximate surface area is 120 Å². The summed E-state index contributed by atoms with van der Waals surface area (Å²) in [6, 6.07) is 10.0. The zero-order valence-electron chi connectivity index (χ0n) is 11.3. The minimum Gasteiger partial charge on any atom is -0.497 e. The molecule has 3 nitrogen and oxygen atoms in total. The summed E-state index contributed by atoms with van der Waals surface area (Å²) in [5.74, 6) is 1.34. The van der Waals surface area contributed by atoms with Crippen molar-refractivity contribution in [2.24, 2.45) is 5.73 Å². The predicted octanol–water partition coefficient (Wildman–Crippen LogP) is 3.97. The molecule has 112 valence electrons. The van der Waals surface area contributed by atoms with E-state index in [1.54, 1.807) is 24.3 Å². The van der Waals surface area contributed by atoms with Gasteiger partial charge >= 0.3 is 6.18 Å². The predicted molar refractivity (Wildman–Crippen MR) is 72.4 cm³/mol. The van der Waals surface area contributed by atoms with Crippen LogP contribution in [0, 0.1) is 0 Å². The largest absolute Gasteiger partial charge is 0.497 e. The van der Waals surface area contributed by atoms with Gasteiger partial charge in [-0.15, -0.1) is 0 Å². The van der Waals surface area contributed by atoms with Gasteiger partial charge in [-0.25, -0.2) is 0 Å². The molecule has 0 bridgehead atoms. The molecule has 2 aromatic rings. The van der Waals surface area contributed by atoms with Crippen molar-refractivity contribution in [2.75, 3.05) is 7.11 Å². The third-order valence-corrected chi connectivity index (χ3v) is 2.88. The van der Waals surface area contributed by atoms with Crippen LogP contribution in [-0.2, 0) is 12.7 Å². The zero-order valence-corrected chi connectivity index (χ0v) is 11.3. The van der Waals surface area contributed by atoms with Gasteiger partial charge in [0, 0.05) is 18.2 Å². The van der Waals surface area contributed by atoms with Crippen LogP contribution in [0.4, 0.5) is 13.2 Å². The monoisotopic (exact) mass is 297 g/mol. The van der Waals surface area contributed by atoms with Crippen molar-refractivity contribution in [3.8, 4) is 17.2 Å². The molecule has 0 aliphatic rings. The number of alkyl halides is 3. The number of benzene rings is 2. The van der Waals surface area contributed by atoms with Crippen molar-refractivity contribution in [3.63, 3.8) is 0 Å². The fraction of sp³-hybridized carbons (Fsp3) is 0.200. The van der Waals surface area contributed by atoms with Gasteiger partial charge in [-0.2, -0.15) is 13.2 Å². The van der Waals surface area contributed by atoms with Crippen molar-refractivity contribution >= 4 is 0 Å². The number of hydrogen-bond donors (Lipinski definition) is 1. The third kappa shape index (κ3) is 3.66. The molecule has 0 fully saturated rings. The van der Waals surface area contributed by atoms with E-state index in [0.29, 0.717) is 17.2 Å². The SMILES string of the molecule is COc1cccc(Oc2ccc(C(F)(F)F)cc2CN)c1. The van der Waals surface area contributed by atoms with Crippen LogP contribution in [0.5, 0.6) is 17.2 Å². The molecule has 2 N–H and O–H groups in total. The Kier molecular flexibility index (Phi) is 4.37. The fourth-order valence-corrected chi connectivity index (χ4v) is 1.81. The topological polar surface area (TPSA) is 44.5 Å². The Balaban J connectivity index is 2.31. The molecule has 6 heteroatoms. The molecule has 2 rings (SSSR count). The minimum atomic E-state index is -4.40. The Hall–Kier alpha value is -2.21. The van der Waals surface area contributed by atoms with E-state index in [1.807, 2.05) is 0 Å². The summed E-state index contributed by atoms with van der Waals surface area (Å²) in [5, 5.41) is 0. The van der Waals surface area contributed by atoms with Crippen LogP contribution in [0.3, 0.4) is 0 Å². The van der Waals surface area contributed by atoms with Crippen LogP contribution in [0.25, 0.3) is 0 Å². The molecule has 0 spiro atoms. The molecule has 0 unspecified atom stereocenters. The lowest BCUT2D eigenvalue weighted by atomic mass is 10.1. The molecule has 0 saturated heterocycles. The molecule has 2 aromatic carbocycles. The lowest BCUT2D eigenvalue weighted by Gasteiger charge is -2.13. The van der Waals surface area contributed by atoms with Crippen LogP contribution in [0.15, 0.2) is 42.5 Å². The van der Waals surface area contributed by atoms with Gasteiger partial charge in [-0.3, -0.25) is 0 Å². The van der Waals surface area contributed by atoms with E-state index in [4.69, 9.17) is 15.2 Å². The maximum atomic E-state index is 12.7.